The van der Waals surface area contributed by atoms with Gasteiger partial charge < -0.3 is 10.6 Å². The van der Waals surface area contributed by atoms with Crippen LogP contribution in [-0.2, 0) is 19.4 Å². The third-order valence-corrected chi connectivity index (χ3v) is 3.60. The maximum atomic E-state index is 5.68. The maximum Gasteiger partial charge on any atom is 0.0233 e. The zero-order valence-corrected chi connectivity index (χ0v) is 12.3. The van der Waals surface area contributed by atoms with Crippen LogP contribution in [0.1, 0.15) is 16.7 Å². The van der Waals surface area contributed by atoms with Gasteiger partial charge in [0.15, 0.2) is 0 Å². The lowest BCUT2D eigenvalue weighted by molar-refractivity contribution is 0.330. The van der Waals surface area contributed by atoms with E-state index in [0.29, 0.717) is 6.54 Å². The SMILES string of the molecule is CN(CCc1ccccc1)Cc1ccccc1CCN. The minimum absolute atomic E-state index is 0.713. The van der Waals surface area contributed by atoms with Crippen molar-refractivity contribution in [2.45, 2.75) is 19.4 Å². The van der Waals surface area contributed by atoms with Gasteiger partial charge in [0.25, 0.3) is 0 Å². The van der Waals surface area contributed by atoms with Crippen LogP contribution in [0.2, 0.25) is 0 Å². The smallest absolute Gasteiger partial charge is 0.0233 e. The van der Waals surface area contributed by atoms with E-state index in [0.717, 1.165) is 25.9 Å². The molecular formula is C18H24N2. The molecule has 0 aliphatic heterocycles. The molecule has 2 rings (SSSR count). The molecule has 0 aliphatic carbocycles. The van der Waals surface area contributed by atoms with E-state index in [2.05, 4.69) is 66.5 Å². The molecule has 2 nitrogen and oxygen atoms in total. The zero-order valence-electron chi connectivity index (χ0n) is 12.3. The number of nitrogens with two attached hydrogens (primary N) is 1. The summed E-state index contributed by atoms with van der Waals surface area (Å²) in [6.45, 7) is 2.77. The predicted octanol–water partition coefficient (Wildman–Crippen LogP) is 2.86. The van der Waals surface area contributed by atoms with Gasteiger partial charge in [-0.3, -0.25) is 0 Å². The minimum Gasteiger partial charge on any atom is -0.330 e. The van der Waals surface area contributed by atoms with E-state index in [1.165, 1.54) is 16.7 Å². The highest BCUT2D eigenvalue weighted by molar-refractivity contribution is 5.27. The first-order valence-electron chi connectivity index (χ1n) is 7.29. The highest BCUT2D eigenvalue weighted by Gasteiger charge is 2.05. The molecule has 2 aromatic rings. The van der Waals surface area contributed by atoms with Crippen molar-refractivity contribution < 1.29 is 0 Å². The van der Waals surface area contributed by atoms with Crippen LogP contribution < -0.4 is 5.73 Å². The van der Waals surface area contributed by atoms with Crippen molar-refractivity contribution >= 4 is 0 Å². The Balaban J connectivity index is 1.89. The number of nitrogens with zero attached hydrogens (tertiary/aromatic N) is 1. The van der Waals surface area contributed by atoms with Gasteiger partial charge in [-0.25, -0.2) is 0 Å². The van der Waals surface area contributed by atoms with Crippen LogP contribution in [-0.4, -0.2) is 25.0 Å². The van der Waals surface area contributed by atoms with Gasteiger partial charge in [0.05, 0.1) is 0 Å². The van der Waals surface area contributed by atoms with Gasteiger partial charge in [-0.2, -0.15) is 0 Å². The highest BCUT2D eigenvalue weighted by atomic mass is 15.1. The first-order chi connectivity index (χ1) is 9.79. The topological polar surface area (TPSA) is 29.3 Å². The van der Waals surface area contributed by atoms with E-state index in [-0.39, 0.29) is 0 Å². The van der Waals surface area contributed by atoms with E-state index < -0.39 is 0 Å². The standard InChI is InChI=1S/C18H24N2/c1-20(14-12-16-7-3-2-4-8-16)15-18-10-6-5-9-17(18)11-13-19/h2-10H,11-15,19H2,1H3. The fourth-order valence-electron chi connectivity index (χ4n) is 2.45. The lowest BCUT2D eigenvalue weighted by Gasteiger charge is -2.19. The van der Waals surface area contributed by atoms with Crippen molar-refractivity contribution in [2.75, 3.05) is 20.1 Å². The number of rotatable bonds is 7. The molecule has 0 bridgehead atoms. The van der Waals surface area contributed by atoms with E-state index in [9.17, 15) is 0 Å². The van der Waals surface area contributed by atoms with Crippen molar-refractivity contribution in [3.63, 3.8) is 0 Å². The summed E-state index contributed by atoms with van der Waals surface area (Å²) in [7, 11) is 2.18. The van der Waals surface area contributed by atoms with Gasteiger partial charge in [0.1, 0.15) is 0 Å². The van der Waals surface area contributed by atoms with E-state index in [1.807, 2.05) is 0 Å². The number of hydrogen-bond donors (Lipinski definition) is 1. The summed E-state index contributed by atoms with van der Waals surface area (Å²) in [4.78, 5) is 2.38. The highest BCUT2D eigenvalue weighted by Crippen LogP contribution is 2.12. The zero-order chi connectivity index (χ0) is 14.2. The molecule has 0 fully saturated rings. The molecule has 2 heteroatoms. The first-order valence-corrected chi connectivity index (χ1v) is 7.29. The maximum absolute atomic E-state index is 5.68. The second kappa shape index (κ2) is 7.83. The Bertz CT molecular complexity index is 508. The van der Waals surface area contributed by atoms with Crippen molar-refractivity contribution in [3.8, 4) is 0 Å². The average molecular weight is 268 g/mol. The summed E-state index contributed by atoms with van der Waals surface area (Å²) in [5.74, 6) is 0. The van der Waals surface area contributed by atoms with Crippen LogP contribution >= 0.6 is 0 Å². The van der Waals surface area contributed by atoms with Gasteiger partial charge in [-0.15, -0.1) is 0 Å². The first kappa shape index (κ1) is 14.8. The number of likely N-dealkylation sites (N-methyl/N-ethyl adjacent to an activating group) is 1. The summed E-state index contributed by atoms with van der Waals surface area (Å²) in [6.07, 6.45) is 2.05. The molecule has 106 valence electrons. The van der Waals surface area contributed by atoms with Crippen molar-refractivity contribution in [3.05, 3.63) is 71.3 Å². The summed E-state index contributed by atoms with van der Waals surface area (Å²) in [5, 5.41) is 0. The lowest BCUT2D eigenvalue weighted by Crippen LogP contribution is -2.21. The normalized spacial score (nSPS) is 10.9. The molecule has 2 N–H and O–H groups in total. The Morgan fingerprint density at radius 2 is 1.50 bits per heavy atom. The molecular weight excluding hydrogens is 244 g/mol. The quantitative estimate of drug-likeness (QED) is 0.836. The summed E-state index contributed by atoms with van der Waals surface area (Å²) >= 11 is 0. The van der Waals surface area contributed by atoms with Gasteiger partial charge in [0.2, 0.25) is 0 Å². The summed E-state index contributed by atoms with van der Waals surface area (Å²) in [6, 6.07) is 19.3. The van der Waals surface area contributed by atoms with Crippen LogP contribution in [0, 0.1) is 0 Å². The molecule has 0 aliphatic rings. The predicted molar refractivity (Wildman–Crippen MR) is 85.7 cm³/mol. The summed E-state index contributed by atoms with van der Waals surface area (Å²) in [5.41, 5.74) is 9.85. The molecule has 0 atom stereocenters. The fourth-order valence-corrected chi connectivity index (χ4v) is 2.45. The van der Waals surface area contributed by atoms with Gasteiger partial charge in [0, 0.05) is 13.1 Å². The van der Waals surface area contributed by atoms with Crippen LogP contribution in [0.25, 0.3) is 0 Å². The third kappa shape index (κ3) is 4.48. The van der Waals surface area contributed by atoms with E-state index >= 15 is 0 Å². The third-order valence-electron chi connectivity index (χ3n) is 3.60. The molecule has 2 aromatic carbocycles. The molecule has 20 heavy (non-hydrogen) atoms. The Morgan fingerprint density at radius 3 is 2.20 bits per heavy atom. The molecule has 0 aromatic heterocycles. The molecule has 0 saturated carbocycles. The molecule has 0 spiro atoms. The number of benzene rings is 2. The Morgan fingerprint density at radius 1 is 0.850 bits per heavy atom. The van der Waals surface area contributed by atoms with Gasteiger partial charge in [-0.1, -0.05) is 54.6 Å². The second-order valence-electron chi connectivity index (χ2n) is 5.28. The van der Waals surface area contributed by atoms with Crippen LogP contribution in [0.4, 0.5) is 0 Å². The monoisotopic (exact) mass is 268 g/mol. The molecule has 0 unspecified atom stereocenters. The molecule has 0 amide bonds. The Kier molecular flexibility index (Phi) is 5.78. The van der Waals surface area contributed by atoms with Crippen LogP contribution in [0.3, 0.4) is 0 Å². The van der Waals surface area contributed by atoms with E-state index in [1.54, 1.807) is 0 Å². The van der Waals surface area contributed by atoms with Gasteiger partial charge in [-0.05, 0) is 43.1 Å². The molecule has 0 heterocycles. The summed E-state index contributed by atoms with van der Waals surface area (Å²) < 4.78 is 0. The fraction of sp³-hybridized carbons (Fsp3) is 0.333. The number of hydrogen-bond acceptors (Lipinski definition) is 2. The lowest BCUT2D eigenvalue weighted by atomic mass is 10.0. The van der Waals surface area contributed by atoms with E-state index in [4.69, 9.17) is 5.73 Å². The Hall–Kier alpha value is -1.64. The van der Waals surface area contributed by atoms with Crippen molar-refractivity contribution in [1.29, 1.82) is 0 Å². The van der Waals surface area contributed by atoms with Gasteiger partial charge >= 0.3 is 0 Å². The second-order valence-corrected chi connectivity index (χ2v) is 5.28. The van der Waals surface area contributed by atoms with Crippen LogP contribution in [0.5, 0.6) is 0 Å². The van der Waals surface area contributed by atoms with Crippen molar-refractivity contribution in [1.82, 2.24) is 4.90 Å². The molecule has 0 radical (unpaired) electrons. The Labute approximate surface area is 122 Å². The largest absolute Gasteiger partial charge is 0.330 e. The van der Waals surface area contributed by atoms with Crippen LogP contribution in [0.15, 0.2) is 54.6 Å². The average Bonchev–Trinajstić information content (AvgIpc) is 2.49. The molecule has 0 saturated heterocycles. The minimum atomic E-state index is 0.713. The van der Waals surface area contributed by atoms with Crippen molar-refractivity contribution in [2.24, 2.45) is 5.73 Å².